The zero-order chi connectivity index (χ0) is 12.1. The third-order valence-corrected chi connectivity index (χ3v) is 1.92. The molecule has 0 amide bonds. The van der Waals surface area contributed by atoms with E-state index in [1.54, 1.807) is 6.92 Å². The van der Waals surface area contributed by atoms with Gasteiger partial charge in [-0.15, -0.1) is 0 Å². The standard InChI is InChI=1S/C10H10FNO4/c1-2-16-10(13)6-7-8(11)4-3-5-9(7)12(14)15/h3-5H,2,6H2,1H3. The predicted molar refractivity (Wildman–Crippen MR) is 53.4 cm³/mol. The van der Waals surface area contributed by atoms with Crippen LogP contribution in [0.4, 0.5) is 10.1 Å². The summed E-state index contributed by atoms with van der Waals surface area (Å²) >= 11 is 0. The molecule has 86 valence electrons. The van der Waals surface area contributed by atoms with Gasteiger partial charge in [-0.1, -0.05) is 6.07 Å². The predicted octanol–water partition coefficient (Wildman–Crippen LogP) is 1.84. The van der Waals surface area contributed by atoms with E-state index in [-0.39, 0.29) is 12.2 Å². The number of nitrogens with zero attached hydrogens (tertiary/aromatic N) is 1. The molecule has 0 saturated carbocycles. The average Bonchev–Trinajstić information content (AvgIpc) is 2.21. The van der Waals surface area contributed by atoms with Crippen LogP contribution in [-0.2, 0) is 16.0 Å². The Morgan fingerprint density at radius 1 is 1.56 bits per heavy atom. The molecule has 0 N–H and O–H groups in total. The third kappa shape index (κ3) is 2.75. The Labute approximate surface area is 91.0 Å². The lowest BCUT2D eigenvalue weighted by Crippen LogP contribution is -2.10. The normalized spacial score (nSPS) is 9.88. The van der Waals surface area contributed by atoms with E-state index >= 15 is 0 Å². The van der Waals surface area contributed by atoms with E-state index in [1.165, 1.54) is 6.07 Å². The number of halogens is 1. The van der Waals surface area contributed by atoms with Gasteiger partial charge >= 0.3 is 5.97 Å². The number of carbonyl (C=O) groups is 1. The molecular weight excluding hydrogens is 217 g/mol. The summed E-state index contributed by atoms with van der Waals surface area (Å²) in [5.74, 6) is -1.46. The second-order valence-electron chi connectivity index (χ2n) is 2.98. The molecule has 1 aromatic carbocycles. The van der Waals surface area contributed by atoms with E-state index in [4.69, 9.17) is 0 Å². The van der Waals surface area contributed by atoms with Crippen LogP contribution in [-0.4, -0.2) is 17.5 Å². The van der Waals surface area contributed by atoms with Gasteiger partial charge in [0.2, 0.25) is 0 Å². The summed E-state index contributed by atoms with van der Waals surface area (Å²) in [6.07, 6.45) is -0.434. The lowest BCUT2D eigenvalue weighted by atomic mass is 10.1. The summed E-state index contributed by atoms with van der Waals surface area (Å²) in [7, 11) is 0. The highest BCUT2D eigenvalue weighted by Crippen LogP contribution is 2.21. The molecule has 1 aromatic rings. The lowest BCUT2D eigenvalue weighted by Gasteiger charge is -2.04. The maximum absolute atomic E-state index is 13.3. The monoisotopic (exact) mass is 227 g/mol. The van der Waals surface area contributed by atoms with Crippen LogP contribution in [0.25, 0.3) is 0 Å². The van der Waals surface area contributed by atoms with E-state index in [0.29, 0.717) is 0 Å². The Hall–Kier alpha value is -1.98. The summed E-state index contributed by atoms with van der Waals surface area (Å²) in [4.78, 5) is 21.0. The maximum atomic E-state index is 13.3. The Kier molecular flexibility index (Phi) is 3.93. The van der Waals surface area contributed by atoms with E-state index in [0.717, 1.165) is 12.1 Å². The van der Waals surface area contributed by atoms with Crippen molar-refractivity contribution in [2.75, 3.05) is 6.61 Å². The number of benzene rings is 1. The fourth-order valence-corrected chi connectivity index (χ4v) is 1.25. The molecular formula is C10H10FNO4. The number of nitro groups is 1. The first kappa shape index (κ1) is 12.1. The number of esters is 1. The van der Waals surface area contributed by atoms with Gasteiger partial charge in [-0.05, 0) is 13.0 Å². The van der Waals surface area contributed by atoms with Crippen molar-refractivity contribution in [3.8, 4) is 0 Å². The van der Waals surface area contributed by atoms with Crippen LogP contribution in [0.1, 0.15) is 12.5 Å². The fourth-order valence-electron chi connectivity index (χ4n) is 1.25. The SMILES string of the molecule is CCOC(=O)Cc1c(F)cccc1[N+](=O)[O-]. The molecule has 0 bridgehead atoms. The van der Waals surface area contributed by atoms with Gasteiger partial charge in [0, 0.05) is 6.07 Å². The first-order valence-corrected chi connectivity index (χ1v) is 4.63. The fraction of sp³-hybridized carbons (Fsp3) is 0.300. The van der Waals surface area contributed by atoms with Crippen LogP contribution in [0.5, 0.6) is 0 Å². The van der Waals surface area contributed by atoms with Crippen LogP contribution in [0.3, 0.4) is 0 Å². The van der Waals surface area contributed by atoms with Gasteiger partial charge in [0.15, 0.2) is 0 Å². The largest absolute Gasteiger partial charge is 0.466 e. The van der Waals surface area contributed by atoms with Gasteiger partial charge in [-0.3, -0.25) is 14.9 Å². The molecule has 0 aliphatic rings. The zero-order valence-electron chi connectivity index (χ0n) is 8.60. The molecule has 0 aliphatic carbocycles. The number of hydrogen-bond acceptors (Lipinski definition) is 4. The summed E-state index contributed by atoms with van der Waals surface area (Å²) in [6, 6.07) is 3.45. The van der Waals surface area contributed by atoms with Crippen molar-refractivity contribution >= 4 is 11.7 Å². The van der Waals surface area contributed by atoms with Gasteiger partial charge < -0.3 is 4.74 Å². The molecule has 6 heteroatoms. The number of carbonyl (C=O) groups excluding carboxylic acids is 1. The smallest absolute Gasteiger partial charge is 0.310 e. The second-order valence-corrected chi connectivity index (χ2v) is 2.98. The van der Waals surface area contributed by atoms with Crippen molar-refractivity contribution in [3.05, 3.63) is 39.7 Å². The van der Waals surface area contributed by atoms with Crippen molar-refractivity contribution in [2.45, 2.75) is 13.3 Å². The minimum Gasteiger partial charge on any atom is -0.466 e. The Morgan fingerprint density at radius 2 is 2.25 bits per heavy atom. The molecule has 0 aromatic heterocycles. The highest BCUT2D eigenvalue weighted by molar-refractivity contribution is 5.74. The van der Waals surface area contributed by atoms with E-state index < -0.39 is 28.8 Å². The molecule has 0 spiro atoms. The highest BCUT2D eigenvalue weighted by Gasteiger charge is 2.20. The van der Waals surface area contributed by atoms with Crippen molar-refractivity contribution in [1.29, 1.82) is 0 Å². The Morgan fingerprint density at radius 3 is 2.81 bits per heavy atom. The molecule has 0 atom stereocenters. The lowest BCUT2D eigenvalue weighted by molar-refractivity contribution is -0.385. The zero-order valence-corrected chi connectivity index (χ0v) is 8.60. The van der Waals surface area contributed by atoms with E-state index in [9.17, 15) is 19.3 Å². The number of rotatable bonds is 4. The summed E-state index contributed by atoms with van der Waals surface area (Å²) < 4.78 is 17.9. The molecule has 0 saturated heterocycles. The topological polar surface area (TPSA) is 69.4 Å². The van der Waals surface area contributed by atoms with Crippen molar-refractivity contribution in [1.82, 2.24) is 0 Å². The Bertz CT molecular complexity index is 419. The van der Waals surface area contributed by atoms with Crippen LogP contribution in [0.2, 0.25) is 0 Å². The molecule has 5 nitrogen and oxygen atoms in total. The highest BCUT2D eigenvalue weighted by atomic mass is 19.1. The van der Waals surface area contributed by atoms with Crippen LogP contribution in [0.15, 0.2) is 18.2 Å². The first-order valence-electron chi connectivity index (χ1n) is 4.63. The summed E-state index contributed by atoms with van der Waals surface area (Å²) in [5.41, 5.74) is -0.654. The minimum absolute atomic E-state index is 0.154. The molecule has 16 heavy (non-hydrogen) atoms. The second kappa shape index (κ2) is 5.20. The van der Waals surface area contributed by atoms with Crippen molar-refractivity contribution in [3.63, 3.8) is 0 Å². The number of ether oxygens (including phenoxy) is 1. The van der Waals surface area contributed by atoms with Crippen LogP contribution in [0, 0.1) is 15.9 Å². The van der Waals surface area contributed by atoms with E-state index in [2.05, 4.69) is 4.74 Å². The minimum atomic E-state index is -0.776. The molecule has 1 rings (SSSR count). The first-order chi connectivity index (χ1) is 7.56. The van der Waals surface area contributed by atoms with E-state index in [1.807, 2.05) is 0 Å². The summed E-state index contributed by atoms with van der Waals surface area (Å²) in [6.45, 7) is 1.76. The molecule has 0 heterocycles. The molecule has 0 radical (unpaired) electrons. The molecule has 0 aliphatic heterocycles. The average molecular weight is 227 g/mol. The molecule has 0 unspecified atom stereocenters. The number of hydrogen-bond donors (Lipinski definition) is 0. The number of nitro benzene ring substituents is 1. The van der Waals surface area contributed by atoms with Crippen molar-refractivity contribution < 1.29 is 18.8 Å². The van der Waals surface area contributed by atoms with Gasteiger partial charge in [-0.25, -0.2) is 4.39 Å². The molecule has 0 fully saturated rings. The maximum Gasteiger partial charge on any atom is 0.310 e. The van der Waals surface area contributed by atoms with Crippen molar-refractivity contribution in [2.24, 2.45) is 0 Å². The Balaban J connectivity index is 3.01. The van der Waals surface area contributed by atoms with Gasteiger partial charge in [-0.2, -0.15) is 0 Å². The van der Waals surface area contributed by atoms with Crippen LogP contribution < -0.4 is 0 Å². The van der Waals surface area contributed by atoms with Crippen LogP contribution >= 0.6 is 0 Å². The van der Waals surface area contributed by atoms with Gasteiger partial charge in [0.05, 0.1) is 23.5 Å². The van der Waals surface area contributed by atoms with Gasteiger partial charge in [0.1, 0.15) is 5.82 Å². The quantitative estimate of drug-likeness (QED) is 0.447. The third-order valence-electron chi connectivity index (χ3n) is 1.92. The van der Waals surface area contributed by atoms with Gasteiger partial charge in [0.25, 0.3) is 5.69 Å². The summed E-state index contributed by atoms with van der Waals surface area (Å²) in [5, 5.41) is 10.6.